The molecule has 0 aliphatic heterocycles. The van der Waals surface area contributed by atoms with Crippen LogP contribution in [0.5, 0.6) is 0 Å². The Bertz CT molecular complexity index is 524. The van der Waals surface area contributed by atoms with Crippen molar-refractivity contribution in [2.24, 2.45) is 0 Å². The molecule has 4 nitrogen and oxygen atoms in total. The average molecular weight is 219 g/mol. The number of nitrogens with two attached hydrogens (primary N) is 1. The second-order valence-electron chi connectivity index (χ2n) is 2.86. The molecule has 0 radical (unpaired) electrons. The third-order valence-electron chi connectivity index (χ3n) is 1.80. The third-order valence-corrected chi connectivity index (χ3v) is 2.88. The molecule has 0 fully saturated rings. The van der Waals surface area contributed by atoms with Crippen molar-refractivity contribution in [1.82, 2.24) is 9.97 Å². The monoisotopic (exact) mass is 219 g/mol. The first-order valence-corrected chi connectivity index (χ1v) is 5.15. The zero-order valence-corrected chi connectivity index (χ0v) is 8.62. The second-order valence-corrected chi connectivity index (χ2v) is 3.89. The summed E-state index contributed by atoms with van der Waals surface area (Å²) in [7, 11) is 0. The highest BCUT2D eigenvalue weighted by molar-refractivity contribution is 7.99. The minimum atomic E-state index is -0.203. The summed E-state index contributed by atoms with van der Waals surface area (Å²) >= 11 is 1.26. The van der Waals surface area contributed by atoms with Crippen LogP contribution in [0.4, 0.5) is 5.69 Å². The van der Waals surface area contributed by atoms with Crippen molar-refractivity contribution in [3.63, 3.8) is 0 Å². The summed E-state index contributed by atoms with van der Waals surface area (Å²) in [5.41, 5.74) is 6.20. The van der Waals surface area contributed by atoms with Gasteiger partial charge in [-0.2, -0.15) is 0 Å². The van der Waals surface area contributed by atoms with E-state index >= 15 is 0 Å². The highest BCUT2D eigenvalue weighted by Crippen LogP contribution is 2.27. The van der Waals surface area contributed by atoms with E-state index in [0.717, 1.165) is 4.90 Å². The Morgan fingerprint density at radius 3 is 2.87 bits per heavy atom. The number of nitrogens with one attached hydrogen (secondary N) is 1. The van der Waals surface area contributed by atoms with Gasteiger partial charge in [0.15, 0.2) is 5.03 Å². The fourth-order valence-electron chi connectivity index (χ4n) is 1.09. The van der Waals surface area contributed by atoms with E-state index < -0.39 is 0 Å². The highest BCUT2D eigenvalue weighted by Gasteiger charge is 2.04. The van der Waals surface area contributed by atoms with Crippen molar-refractivity contribution in [2.75, 3.05) is 5.73 Å². The second kappa shape index (κ2) is 4.18. The van der Waals surface area contributed by atoms with E-state index in [1.807, 2.05) is 18.2 Å². The topological polar surface area (TPSA) is 71.8 Å². The summed E-state index contributed by atoms with van der Waals surface area (Å²) in [5, 5.41) is 0.399. The minimum absolute atomic E-state index is 0.203. The first kappa shape index (κ1) is 9.79. The molecule has 0 aliphatic rings. The van der Waals surface area contributed by atoms with E-state index in [-0.39, 0.29) is 5.56 Å². The van der Waals surface area contributed by atoms with Gasteiger partial charge in [-0.3, -0.25) is 4.79 Å². The Hall–Kier alpha value is -1.75. The van der Waals surface area contributed by atoms with Gasteiger partial charge in [-0.25, -0.2) is 4.98 Å². The number of nitrogens with zero attached hydrogens (tertiary/aromatic N) is 1. The molecular weight excluding hydrogens is 210 g/mol. The van der Waals surface area contributed by atoms with Crippen molar-refractivity contribution in [3.8, 4) is 0 Å². The number of benzene rings is 1. The van der Waals surface area contributed by atoms with Gasteiger partial charge < -0.3 is 10.7 Å². The van der Waals surface area contributed by atoms with Crippen LogP contribution < -0.4 is 11.3 Å². The van der Waals surface area contributed by atoms with Crippen LogP contribution in [0.2, 0.25) is 0 Å². The number of hydrogen-bond acceptors (Lipinski definition) is 4. The number of hydrogen-bond donors (Lipinski definition) is 2. The number of para-hydroxylation sites is 1. The predicted octanol–water partition coefficient (Wildman–Crippen LogP) is 1.50. The number of rotatable bonds is 2. The molecule has 0 atom stereocenters. The maximum absolute atomic E-state index is 11.4. The number of H-pyrrole nitrogens is 1. The fourth-order valence-corrected chi connectivity index (χ4v) is 1.89. The molecule has 3 N–H and O–H groups in total. The molecular formula is C10H9N3OS. The Labute approximate surface area is 90.6 Å². The quantitative estimate of drug-likeness (QED) is 0.751. The SMILES string of the molecule is Nc1ccccc1Sc1ncc[nH]c1=O. The van der Waals surface area contributed by atoms with Gasteiger partial charge in [0, 0.05) is 23.0 Å². The Balaban J connectivity index is 2.34. The van der Waals surface area contributed by atoms with Crippen LogP contribution in [0.1, 0.15) is 0 Å². The van der Waals surface area contributed by atoms with Crippen LogP contribution >= 0.6 is 11.8 Å². The van der Waals surface area contributed by atoms with Crippen molar-refractivity contribution in [1.29, 1.82) is 0 Å². The first-order chi connectivity index (χ1) is 7.27. The smallest absolute Gasteiger partial charge is 0.280 e. The van der Waals surface area contributed by atoms with E-state index in [1.165, 1.54) is 18.0 Å². The number of aromatic amines is 1. The Morgan fingerprint density at radius 1 is 1.33 bits per heavy atom. The summed E-state index contributed by atoms with van der Waals surface area (Å²) in [5.74, 6) is 0. The van der Waals surface area contributed by atoms with Crippen molar-refractivity contribution in [2.45, 2.75) is 9.92 Å². The van der Waals surface area contributed by atoms with Gasteiger partial charge in [0.25, 0.3) is 5.56 Å². The lowest BCUT2D eigenvalue weighted by atomic mass is 10.3. The molecule has 0 saturated heterocycles. The zero-order valence-electron chi connectivity index (χ0n) is 7.81. The lowest BCUT2D eigenvalue weighted by Crippen LogP contribution is -2.08. The normalized spacial score (nSPS) is 10.1. The molecule has 0 amide bonds. The molecule has 2 aromatic rings. The lowest BCUT2D eigenvalue weighted by molar-refractivity contribution is 0.997. The van der Waals surface area contributed by atoms with E-state index in [1.54, 1.807) is 12.3 Å². The van der Waals surface area contributed by atoms with Gasteiger partial charge in [-0.15, -0.1) is 0 Å². The molecule has 0 bridgehead atoms. The minimum Gasteiger partial charge on any atom is -0.398 e. The van der Waals surface area contributed by atoms with Crippen LogP contribution in [-0.4, -0.2) is 9.97 Å². The largest absolute Gasteiger partial charge is 0.398 e. The summed E-state index contributed by atoms with van der Waals surface area (Å²) in [6.07, 6.45) is 3.05. The van der Waals surface area contributed by atoms with E-state index in [4.69, 9.17) is 5.73 Å². The van der Waals surface area contributed by atoms with Gasteiger partial charge in [0.05, 0.1) is 0 Å². The third kappa shape index (κ3) is 2.19. The van der Waals surface area contributed by atoms with E-state index in [2.05, 4.69) is 9.97 Å². The molecule has 0 unspecified atom stereocenters. The molecule has 0 saturated carbocycles. The standard InChI is InChI=1S/C10H9N3OS/c11-7-3-1-2-4-8(7)15-10-9(14)12-5-6-13-10/h1-6H,11H2,(H,12,14). The molecule has 5 heteroatoms. The van der Waals surface area contributed by atoms with Crippen molar-refractivity contribution in [3.05, 3.63) is 47.0 Å². The average Bonchev–Trinajstić information content (AvgIpc) is 2.24. The summed E-state index contributed by atoms with van der Waals surface area (Å²) in [4.78, 5) is 18.7. The molecule has 76 valence electrons. The van der Waals surface area contributed by atoms with Crippen molar-refractivity contribution >= 4 is 17.4 Å². The fraction of sp³-hybridized carbons (Fsp3) is 0. The van der Waals surface area contributed by atoms with Gasteiger partial charge in [0.2, 0.25) is 0 Å². The molecule has 0 spiro atoms. The van der Waals surface area contributed by atoms with Crippen LogP contribution in [0.3, 0.4) is 0 Å². The van der Waals surface area contributed by atoms with Crippen molar-refractivity contribution < 1.29 is 0 Å². The number of anilines is 1. The highest BCUT2D eigenvalue weighted by atomic mass is 32.2. The Kier molecular flexibility index (Phi) is 2.73. The van der Waals surface area contributed by atoms with Gasteiger partial charge in [0.1, 0.15) is 0 Å². The van der Waals surface area contributed by atoms with Crippen LogP contribution in [0.25, 0.3) is 0 Å². The van der Waals surface area contributed by atoms with Crippen LogP contribution in [0, 0.1) is 0 Å². The summed E-state index contributed by atoms with van der Waals surface area (Å²) < 4.78 is 0. The summed E-state index contributed by atoms with van der Waals surface area (Å²) in [6.45, 7) is 0. The van der Waals surface area contributed by atoms with Crippen LogP contribution in [-0.2, 0) is 0 Å². The Morgan fingerprint density at radius 2 is 2.13 bits per heavy atom. The van der Waals surface area contributed by atoms with Gasteiger partial charge in [-0.05, 0) is 12.1 Å². The molecule has 0 aliphatic carbocycles. The molecule has 1 heterocycles. The van der Waals surface area contributed by atoms with Crippen LogP contribution in [0.15, 0.2) is 51.4 Å². The first-order valence-electron chi connectivity index (χ1n) is 4.33. The predicted molar refractivity (Wildman–Crippen MR) is 59.8 cm³/mol. The molecule has 15 heavy (non-hydrogen) atoms. The molecule has 1 aromatic carbocycles. The van der Waals surface area contributed by atoms with Gasteiger partial charge in [-0.1, -0.05) is 23.9 Å². The van der Waals surface area contributed by atoms with E-state index in [9.17, 15) is 4.79 Å². The lowest BCUT2D eigenvalue weighted by Gasteiger charge is -2.02. The summed E-state index contributed by atoms with van der Waals surface area (Å²) in [6, 6.07) is 7.37. The maximum atomic E-state index is 11.4. The molecule has 2 rings (SSSR count). The zero-order chi connectivity index (χ0) is 10.7. The van der Waals surface area contributed by atoms with Gasteiger partial charge >= 0.3 is 0 Å². The molecule has 1 aromatic heterocycles. The number of nitrogen functional groups attached to an aromatic ring is 1. The maximum Gasteiger partial charge on any atom is 0.280 e. The number of aromatic nitrogens is 2. The van der Waals surface area contributed by atoms with E-state index in [0.29, 0.717) is 10.7 Å².